The van der Waals surface area contributed by atoms with Gasteiger partial charge in [0.25, 0.3) is 0 Å². The Kier molecular flexibility index (Phi) is 5.40. The van der Waals surface area contributed by atoms with Gasteiger partial charge >= 0.3 is 0 Å². The first kappa shape index (κ1) is 15.3. The van der Waals surface area contributed by atoms with Gasteiger partial charge in [-0.25, -0.2) is 0 Å². The third kappa shape index (κ3) is 4.20. The first-order valence-corrected chi connectivity index (χ1v) is 7.32. The van der Waals surface area contributed by atoms with Crippen LogP contribution in [-0.2, 0) is 16.1 Å². The van der Waals surface area contributed by atoms with E-state index in [4.69, 9.17) is 16.3 Å². The molecule has 1 aliphatic heterocycles. The summed E-state index contributed by atoms with van der Waals surface area (Å²) in [6, 6.07) is 7.37. The Hall–Kier alpha value is -1.10. The molecule has 110 valence electrons. The molecule has 2 rings (SSSR count). The van der Waals surface area contributed by atoms with Crippen LogP contribution in [0, 0.1) is 0 Å². The van der Waals surface area contributed by atoms with Crippen molar-refractivity contribution in [2.75, 3.05) is 19.7 Å². The summed E-state index contributed by atoms with van der Waals surface area (Å²) in [5.74, 6) is 0.0500. The molecular formula is C15H21ClN2O2. The summed E-state index contributed by atoms with van der Waals surface area (Å²) in [4.78, 5) is 14.3. The topological polar surface area (TPSA) is 41.6 Å². The number of benzene rings is 1. The molecule has 1 amide bonds. The first-order chi connectivity index (χ1) is 9.56. The van der Waals surface area contributed by atoms with Gasteiger partial charge in [-0.3, -0.25) is 9.69 Å². The molecule has 0 spiro atoms. The lowest BCUT2D eigenvalue weighted by Gasteiger charge is -2.34. The van der Waals surface area contributed by atoms with Gasteiger partial charge in [0, 0.05) is 24.7 Å². The molecule has 4 nitrogen and oxygen atoms in total. The molecule has 20 heavy (non-hydrogen) atoms. The van der Waals surface area contributed by atoms with E-state index >= 15 is 0 Å². The van der Waals surface area contributed by atoms with Crippen LogP contribution in [0.1, 0.15) is 19.4 Å². The molecule has 2 atom stereocenters. The van der Waals surface area contributed by atoms with Gasteiger partial charge in [-0.15, -0.1) is 0 Å². The van der Waals surface area contributed by atoms with Gasteiger partial charge in [0.1, 0.15) is 0 Å². The largest absolute Gasteiger partial charge is 0.376 e. The van der Waals surface area contributed by atoms with Crippen molar-refractivity contribution in [1.29, 1.82) is 0 Å². The number of morpholine rings is 1. The van der Waals surface area contributed by atoms with Gasteiger partial charge in [-0.2, -0.15) is 0 Å². The third-order valence-electron chi connectivity index (χ3n) is 3.58. The van der Waals surface area contributed by atoms with Crippen LogP contribution in [0.25, 0.3) is 0 Å². The number of rotatable bonds is 4. The number of nitrogens with one attached hydrogen (secondary N) is 1. The van der Waals surface area contributed by atoms with Crippen LogP contribution in [0.3, 0.4) is 0 Å². The Bertz CT molecular complexity index is 450. The normalized spacial score (nSPS) is 21.4. The molecule has 1 aliphatic rings. The van der Waals surface area contributed by atoms with E-state index in [-0.39, 0.29) is 18.1 Å². The van der Waals surface area contributed by atoms with Crippen LogP contribution < -0.4 is 5.32 Å². The van der Waals surface area contributed by atoms with E-state index in [9.17, 15) is 4.79 Å². The number of nitrogens with zero attached hydrogens (tertiary/aromatic N) is 1. The molecule has 1 saturated heterocycles. The fourth-order valence-electron chi connectivity index (χ4n) is 2.30. The fraction of sp³-hybridized carbons (Fsp3) is 0.533. The molecule has 1 aromatic carbocycles. The second-order valence-electron chi connectivity index (χ2n) is 5.20. The van der Waals surface area contributed by atoms with Crippen molar-refractivity contribution in [2.45, 2.75) is 32.5 Å². The van der Waals surface area contributed by atoms with Gasteiger partial charge < -0.3 is 10.1 Å². The summed E-state index contributed by atoms with van der Waals surface area (Å²) >= 11 is 5.83. The summed E-state index contributed by atoms with van der Waals surface area (Å²) in [5.41, 5.74) is 1.05. The standard InChI is InChI=1S/C15H21ClN2O2/c1-11-10-18(7-8-20-11)12(2)15(19)17-9-13-3-5-14(16)6-4-13/h3-6,11-12H,7-10H2,1-2H3,(H,17,19). The van der Waals surface area contributed by atoms with Crippen molar-refractivity contribution < 1.29 is 9.53 Å². The van der Waals surface area contributed by atoms with Gasteiger partial charge in [0.15, 0.2) is 0 Å². The minimum atomic E-state index is -0.131. The van der Waals surface area contributed by atoms with Gasteiger partial charge in [-0.05, 0) is 31.5 Å². The molecule has 5 heteroatoms. The number of hydrogen-bond donors (Lipinski definition) is 1. The van der Waals surface area contributed by atoms with Crippen LogP contribution in [0.15, 0.2) is 24.3 Å². The van der Waals surface area contributed by atoms with Crippen molar-refractivity contribution >= 4 is 17.5 Å². The van der Waals surface area contributed by atoms with Crippen molar-refractivity contribution in [2.24, 2.45) is 0 Å². The monoisotopic (exact) mass is 296 g/mol. The molecule has 1 heterocycles. The van der Waals surface area contributed by atoms with Crippen LogP contribution in [0.5, 0.6) is 0 Å². The number of carbonyl (C=O) groups is 1. The molecule has 0 bridgehead atoms. The Morgan fingerprint density at radius 3 is 2.85 bits per heavy atom. The molecular weight excluding hydrogens is 276 g/mol. The molecule has 0 radical (unpaired) electrons. The lowest BCUT2D eigenvalue weighted by Crippen LogP contribution is -2.51. The molecule has 1 fully saturated rings. The van der Waals surface area contributed by atoms with Crippen molar-refractivity contribution in [3.63, 3.8) is 0 Å². The Morgan fingerprint density at radius 2 is 2.20 bits per heavy atom. The maximum Gasteiger partial charge on any atom is 0.237 e. The average Bonchev–Trinajstić information content (AvgIpc) is 2.45. The van der Waals surface area contributed by atoms with Crippen molar-refractivity contribution in [3.05, 3.63) is 34.9 Å². The van der Waals surface area contributed by atoms with E-state index < -0.39 is 0 Å². The van der Waals surface area contributed by atoms with Gasteiger partial charge in [-0.1, -0.05) is 23.7 Å². The van der Waals surface area contributed by atoms with E-state index in [2.05, 4.69) is 10.2 Å². The van der Waals surface area contributed by atoms with Crippen LogP contribution in [0.4, 0.5) is 0 Å². The highest BCUT2D eigenvalue weighted by Crippen LogP contribution is 2.11. The number of carbonyl (C=O) groups excluding carboxylic acids is 1. The highest BCUT2D eigenvalue weighted by Gasteiger charge is 2.25. The highest BCUT2D eigenvalue weighted by atomic mass is 35.5. The number of ether oxygens (including phenoxy) is 1. The quantitative estimate of drug-likeness (QED) is 0.925. The second kappa shape index (κ2) is 7.07. The molecule has 1 aromatic rings. The van der Waals surface area contributed by atoms with E-state index in [1.807, 2.05) is 38.1 Å². The van der Waals surface area contributed by atoms with Crippen LogP contribution in [-0.4, -0.2) is 42.6 Å². The second-order valence-corrected chi connectivity index (χ2v) is 5.63. The van der Waals surface area contributed by atoms with Gasteiger partial charge in [0.05, 0.1) is 18.8 Å². The van der Waals surface area contributed by atoms with Crippen LogP contribution in [0.2, 0.25) is 5.02 Å². The minimum Gasteiger partial charge on any atom is -0.376 e. The Balaban J connectivity index is 1.83. The highest BCUT2D eigenvalue weighted by molar-refractivity contribution is 6.30. The number of hydrogen-bond acceptors (Lipinski definition) is 3. The predicted octanol–water partition coefficient (Wildman–Crippen LogP) is 2.07. The van der Waals surface area contributed by atoms with E-state index in [0.29, 0.717) is 18.2 Å². The Labute approximate surface area is 125 Å². The zero-order valence-electron chi connectivity index (χ0n) is 11.9. The molecule has 0 aromatic heterocycles. The van der Waals surface area contributed by atoms with E-state index in [0.717, 1.165) is 18.7 Å². The maximum absolute atomic E-state index is 12.2. The summed E-state index contributed by atoms with van der Waals surface area (Å²) in [7, 11) is 0. The first-order valence-electron chi connectivity index (χ1n) is 6.94. The smallest absolute Gasteiger partial charge is 0.237 e. The predicted molar refractivity (Wildman–Crippen MR) is 79.7 cm³/mol. The lowest BCUT2D eigenvalue weighted by molar-refractivity contribution is -0.129. The minimum absolute atomic E-state index is 0.0500. The lowest BCUT2D eigenvalue weighted by atomic mass is 10.2. The number of amides is 1. The van der Waals surface area contributed by atoms with Crippen LogP contribution >= 0.6 is 11.6 Å². The van der Waals surface area contributed by atoms with Crippen molar-refractivity contribution in [1.82, 2.24) is 10.2 Å². The average molecular weight is 297 g/mol. The molecule has 1 N–H and O–H groups in total. The molecule has 0 saturated carbocycles. The summed E-state index contributed by atoms with van der Waals surface area (Å²) in [6.07, 6.45) is 0.190. The summed E-state index contributed by atoms with van der Waals surface area (Å²) < 4.78 is 5.49. The molecule has 0 aliphatic carbocycles. The third-order valence-corrected chi connectivity index (χ3v) is 3.83. The number of halogens is 1. The van der Waals surface area contributed by atoms with E-state index in [1.54, 1.807) is 0 Å². The summed E-state index contributed by atoms with van der Waals surface area (Å²) in [6.45, 7) is 6.80. The maximum atomic E-state index is 12.2. The SMILES string of the molecule is CC1CN(C(C)C(=O)NCc2ccc(Cl)cc2)CCO1. The Morgan fingerprint density at radius 1 is 1.50 bits per heavy atom. The van der Waals surface area contributed by atoms with E-state index in [1.165, 1.54) is 0 Å². The molecule has 2 unspecified atom stereocenters. The summed E-state index contributed by atoms with van der Waals surface area (Å²) in [5, 5.41) is 3.67. The fourth-order valence-corrected chi connectivity index (χ4v) is 2.43. The zero-order valence-corrected chi connectivity index (χ0v) is 12.7. The van der Waals surface area contributed by atoms with Crippen molar-refractivity contribution in [3.8, 4) is 0 Å². The zero-order chi connectivity index (χ0) is 14.5. The van der Waals surface area contributed by atoms with Gasteiger partial charge in [0.2, 0.25) is 5.91 Å².